The number of aryl methyl sites for hydroxylation is 1. The van der Waals surface area contributed by atoms with E-state index in [9.17, 15) is 0 Å². The summed E-state index contributed by atoms with van der Waals surface area (Å²) in [4.78, 5) is 11.2. The molecule has 1 unspecified atom stereocenters. The van der Waals surface area contributed by atoms with Crippen LogP contribution in [0.15, 0.2) is 43.1 Å². The van der Waals surface area contributed by atoms with Crippen LogP contribution in [0, 0.1) is 0 Å². The van der Waals surface area contributed by atoms with Gasteiger partial charge < -0.3 is 9.30 Å². The number of hydrogen-bond acceptors (Lipinski definition) is 5. The molecule has 0 bridgehead atoms. The molecule has 0 aliphatic carbocycles. The van der Waals surface area contributed by atoms with E-state index in [1.54, 1.807) is 12.4 Å². The molecule has 26 heavy (non-hydrogen) atoms. The van der Waals surface area contributed by atoms with E-state index in [0.717, 1.165) is 37.6 Å². The maximum atomic E-state index is 5.78. The molecule has 0 saturated heterocycles. The van der Waals surface area contributed by atoms with Crippen molar-refractivity contribution in [1.29, 1.82) is 0 Å². The van der Waals surface area contributed by atoms with Gasteiger partial charge in [0.25, 0.3) is 0 Å². The molecule has 0 N–H and O–H groups in total. The van der Waals surface area contributed by atoms with Crippen molar-refractivity contribution in [3.05, 3.63) is 60.2 Å². The Kier molecular flexibility index (Phi) is 4.71. The third-order valence-electron chi connectivity index (χ3n) is 4.91. The summed E-state index contributed by atoms with van der Waals surface area (Å²) in [5.41, 5.74) is 2.47. The number of fused-ring (bicyclic) bond motifs is 1. The first-order chi connectivity index (χ1) is 12.7. The van der Waals surface area contributed by atoms with Crippen LogP contribution >= 0.6 is 0 Å². The molecule has 4 rings (SSSR count). The van der Waals surface area contributed by atoms with Crippen molar-refractivity contribution in [2.24, 2.45) is 7.05 Å². The molecule has 0 spiro atoms. The van der Waals surface area contributed by atoms with Gasteiger partial charge in [0.2, 0.25) is 0 Å². The zero-order valence-corrected chi connectivity index (χ0v) is 15.2. The monoisotopic (exact) mass is 352 g/mol. The Morgan fingerprint density at radius 3 is 2.92 bits per heavy atom. The SMILES string of the molecule is CC1c2ncc(CCOc3cccnc3)n2CCN1Cc1cnn(C)c1. The summed E-state index contributed by atoms with van der Waals surface area (Å²) in [6.07, 6.45) is 10.3. The highest BCUT2D eigenvalue weighted by molar-refractivity contribution is 5.16. The molecule has 0 fully saturated rings. The van der Waals surface area contributed by atoms with Gasteiger partial charge in [0, 0.05) is 63.0 Å². The van der Waals surface area contributed by atoms with Crippen LogP contribution in [-0.2, 0) is 26.6 Å². The number of imidazole rings is 1. The first kappa shape index (κ1) is 16.8. The highest BCUT2D eigenvalue weighted by Gasteiger charge is 2.27. The van der Waals surface area contributed by atoms with Crippen LogP contribution in [0.2, 0.25) is 0 Å². The second-order valence-corrected chi connectivity index (χ2v) is 6.72. The van der Waals surface area contributed by atoms with E-state index in [0.29, 0.717) is 6.61 Å². The first-order valence-electron chi connectivity index (χ1n) is 8.99. The van der Waals surface area contributed by atoms with E-state index < -0.39 is 0 Å². The van der Waals surface area contributed by atoms with Crippen molar-refractivity contribution in [3.63, 3.8) is 0 Å². The Morgan fingerprint density at radius 1 is 1.23 bits per heavy atom. The van der Waals surface area contributed by atoms with Gasteiger partial charge in [-0.25, -0.2) is 4.98 Å². The van der Waals surface area contributed by atoms with Crippen LogP contribution in [0.4, 0.5) is 0 Å². The Labute approximate surface area is 153 Å². The highest BCUT2D eigenvalue weighted by Crippen LogP contribution is 2.27. The van der Waals surface area contributed by atoms with Gasteiger partial charge in [-0.2, -0.15) is 5.10 Å². The van der Waals surface area contributed by atoms with E-state index in [-0.39, 0.29) is 6.04 Å². The van der Waals surface area contributed by atoms with Crippen LogP contribution in [0.5, 0.6) is 5.75 Å². The molecule has 136 valence electrons. The third kappa shape index (κ3) is 3.48. The fourth-order valence-corrected chi connectivity index (χ4v) is 3.51. The largest absolute Gasteiger partial charge is 0.492 e. The smallest absolute Gasteiger partial charge is 0.137 e. The molecule has 0 radical (unpaired) electrons. The van der Waals surface area contributed by atoms with Crippen molar-refractivity contribution in [2.75, 3.05) is 13.2 Å². The molecular formula is C19H24N6O. The van der Waals surface area contributed by atoms with Gasteiger partial charge in [-0.05, 0) is 19.1 Å². The predicted molar refractivity (Wildman–Crippen MR) is 97.7 cm³/mol. The van der Waals surface area contributed by atoms with Crippen molar-refractivity contribution in [2.45, 2.75) is 32.5 Å². The van der Waals surface area contributed by atoms with E-state index in [2.05, 4.69) is 32.7 Å². The lowest BCUT2D eigenvalue weighted by Crippen LogP contribution is -2.37. The molecule has 3 aromatic heterocycles. The minimum Gasteiger partial charge on any atom is -0.492 e. The molecule has 1 aliphatic rings. The Morgan fingerprint density at radius 2 is 2.15 bits per heavy atom. The summed E-state index contributed by atoms with van der Waals surface area (Å²) in [5, 5.41) is 4.27. The van der Waals surface area contributed by atoms with Gasteiger partial charge in [-0.1, -0.05) is 0 Å². The highest BCUT2D eigenvalue weighted by atomic mass is 16.5. The zero-order valence-electron chi connectivity index (χ0n) is 15.2. The quantitative estimate of drug-likeness (QED) is 0.681. The summed E-state index contributed by atoms with van der Waals surface area (Å²) in [6.45, 7) is 5.73. The predicted octanol–water partition coefficient (Wildman–Crippen LogP) is 2.21. The average molecular weight is 352 g/mol. The molecule has 0 aromatic carbocycles. The van der Waals surface area contributed by atoms with E-state index in [1.165, 1.54) is 11.3 Å². The topological polar surface area (TPSA) is 61.0 Å². The second kappa shape index (κ2) is 7.29. The van der Waals surface area contributed by atoms with Gasteiger partial charge in [0.05, 0.1) is 25.0 Å². The normalized spacial score (nSPS) is 17.2. The van der Waals surface area contributed by atoms with E-state index in [4.69, 9.17) is 9.72 Å². The van der Waals surface area contributed by atoms with Gasteiger partial charge in [-0.15, -0.1) is 0 Å². The molecule has 3 aromatic rings. The first-order valence-corrected chi connectivity index (χ1v) is 8.99. The minimum absolute atomic E-state index is 0.289. The molecule has 7 nitrogen and oxygen atoms in total. The summed E-state index contributed by atoms with van der Waals surface area (Å²) in [5.74, 6) is 1.94. The maximum absolute atomic E-state index is 5.78. The molecule has 4 heterocycles. The molecular weight excluding hydrogens is 328 g/mol. The molecule has 1 aliphatic heterocycles. The zero-order chi connectivity index (χ0) is 17.9. The lowest BCUT2D eigenvalue weighted by molar-refractivity contribution is 0.154. The number of aromatic nitrogens is 5. The molecule has 7 heteroatoms. The van der Waals surface area contributed by atoms with Crippen molar-refractivity contribution in [1.82, 2.24) is 29.2 Å². The number of nitrogens with zero attached hydrogens (tertiary/aromatic N) is 6. The number of pyridine rings is 1. The molecule has 1 atom stereocenters. The standard InChI is InChI=1S/C19H24N6O/c1-15-19-21-11-17(5-9-26-18-4-3-6-20-12-18)25(19)8-7-24(15)14-16-10-22-23(2)13-16/h3-4,6,10-13,15H,5,7-9,14H2,1-2H3. The van der Waals surface area contributed by atoms with E-state index >= 15 is 0 Å². The van der Waals surface area contributed by atoms with Gasteiger partial charge in [-0.3, -0.25) is 14.6 Å². The maximum Gasteiger partial charge on any atom is 0.137 e. The average Bonchev–Trinajstić information content (AvgIpc) is 3.25. The summed E-state index contributed by atoms with van der Waals surface area (Å²) in [6, 6.07) is 4.10. The van der Waals surface area contributed by atoms with Gasteiger partial charge >= 0.3 is 0 Å². The lowest BCUT2D eigenvalue weighted by Gasteiger charge is -2.34. The van der Waals surface area contributed by atoms with Gasteiger partial charge in [0.15, 0.2) is 0 Å². The summed E-state index contributed by atoms with van der Waals surface area (Å²) < 4.78 is 9.97. The lowest BCUT2D eigenvalue weighted by atomic mass is 10.2. The van der Waals surface area contributed by atoms with Crippen molar-refractivity contribution < 1.29 is 4.74 Å². The van der Waals surface area contributed by atoms with E-state index in [1.807, 2.05) is 36.3 Å². The Hall–Kier alpha value is -2.67. The molecule has 0 saturated carbocycles. The Bertz CT molecular complexity index is 856. The number of ether oxygens (including phenoxy) is 1. The van der Waals surface area contributed by atoms with Crippen LogP contribution in [-0.4, -0.2) is 42.4 Å². The van der Waals surface area contributed by atoms with Crippen LogP contribution in [0.3, 0.4) is 0 Å². The summed E-state index contributed by atoms with van der Waals surface area (Å²) in [7, 11) is 1.95. The third-order valence-corrected chi connectivity index (χ3v) is 4.91. The van der Waals surface area contributed by atoms with Crippen LogP contribution < -0.4 is 4.74 Å². The fourth-order valence-electron chi connectivity index (χ4n) is 3.51. The molecule has 0 amide bonds. The number of hydrogen-bond donors (Lipinski definition) is 0. The van der Waals surface area contributed by atoms with Gasteiger partial charge in [0.1, 0.15) is 11.6 Å². The fraction of sp³-hybridized carbons (Fsp3) is 0.421. The van der Waals surface area contributed by atoms with Crippen molar-refractivity contribution in [3.8, 4) is 5.75 Å². The minimum atomic E-state index is 0.289. The van der Waals surface area contributed by atoms with Crippen LogP contribution in [0.25, 0.3) is 0 Å². The van der Waals surface area contributed by atoms with Crippen LogP contribution in [0.1, 0.15) is 30.0 Å². The number of rotatable bonds is 6. The summed E-state index contributed by atoms with van der Waals surface area (Å²) >= 11 is 0. The second-order valence-electron chi connectivity index (χ2n) is 6.72. The Balaban J connectivity index is 1.39. The van der Waals surface area contributed by atoms with Crippen molar-refractivity contribution >= 4 is 0 Å².